The summed E-state index contributed by atoms with van der Waals surface area (Å²) in [5.74, 6) is -0.000602. The topological polar surface area (TPSA) is 91.0 Å². The molecule has 7 nitrogen and oxygen atoms in total. The Morgan fingerprint density at radius 3 is 2.91 bits per heavy atom. The van der Waals surface area contributed by atoms with Crippen LogP contribution in [0.3, 0.4) is 0 Å². The molecule has 0 aromatic carbocycles. The van der Waals surface area contributed by atoms with Gasteiger partial charge in [0, 0.05) is 38.3 Å². The number of nitrogens with zero attached hydrogens (tertiary/aromatic N) is 3. The van der Waals surface area contributed by atoms with Crippen LogP contribution in [0.5, 0.6) is 0 Å². The van der Waals surface area contributed by atoms with E-state index in [1.807, 2.05) is 7.05 Å². The number of H-pyrrole nitrogens is 1. The van der Waals surface area contributed by atoms with E-state index in [2.05, 4.69) is 25.4 Å². The molecule has 4 rings (SSSR count). The second-order valence-electron chi connectivity index (χ2n) is 5.59. The number of carbonyl (C=O) groups excluding carboxylic acids is 1. The quantitative estimate of drug-likeness (QED) is 0.740. The highest BCUT2D eigenvalue weighted by molar-refractivity contribution is 5.96. The molecule has 0 spiro atoms. The number of pyridine rings is 1. The Morgan fingerprint density at radius 2 is 2.13 bits per heavy atom. The number of amides is 1. The summed E-state index contributed by atoms with van der Waals surface area (Å²) in [7, 11) is 1.99. The van der Waals surface area contributed by atoms with E-state index >= 15 is 0 Å². The number of aromatic amines is 1. The minimum atomic E-state index is -0.0425. The Kier molecular flexibility index (Phi) is 4.36. The molecule has 0 saturated carbocycles. The molecule has 0 unspecified atom stereocenters. The smallest absolute Gasteiger partial charge is 0.269 e. The molecule has 0 atom stereocenters. The Morgan fingerprint density at radius 1 is 1.26 bits per heavy atom. The molecule has 2 aromatic rings. The van der Waals surface area contributed by atoms with Gasteiger partial charge in [0.15, 0.2) is 0 Å². The van der Waals surface area contributed by atoms with Gasteiger partial charge in [0.1, 0.15) is 0 Å². The largest absolute Gasteiger partial charge is 0.373 e. The SMILES string of the molecule is CN1CCCc2c1cn[nH]c2=O.O=C1NCCc2ncccc21. The van der Waals surface area contributed by atoms with Gasteiger partial charge < -0.3 is 10.2 Å². The second-order valence-corrected chi connectivity index (χ2v) is 5.59. The first-order chi connectivity index (χ1) is 11.2. The summed E-state index contributed by atoms with van der Waals surface area (Å²) in [5.41, 5.74) is 3.44. The fraction of sp³-hybridized carbons (Fsp3) is 0.375. The molecular weight excluding hydrogens is 294 g/mol. The molecule has 1 amide bonds. The fourth-order valence-corrected chi connectivity index (χ4v) is 2.83. The van der Waals surface area contributed by atoms with Gasteiger partial charge in [0.2, 0.25) is 0 Å². The number of anilines is 1. The van der Waals surface area contributed by atoms with E-state index in [9.17, 15) is 9.59 Å². The standard InChI is InChI=1S/C8H11N3O.C8H8N2O/c1-11-4-2-3-6-7(11)5-9-10-8(6)12;11-8-6-2-1-4-9-7(6)3-5-10-8/h5H,2-4H2,1H3,(H,10,12);1-2,4H,3,5H2,(H,10,11). The van der Waals surface area contributed by atoms with Crippen molar-refractivity contribution in [2.24, 2.45) is 0 Å². The van der Waals surface area contributed by atoms with Crippen molar-refractivity contribution in [3.05, 3.63) is 51.7 Å². The molecule has 0 saturated heterocycles. The van der Waals surface area contributed by atoms with Crippen molar-refractivity contribution in [1.29, 1.82) is 0 Å². The number of nitrogens with one attached hydrogen (secondary N) is 2. The first-order valence-corrected chi connectivity index (χ1v) is 7.66. The average Bonchev–Trinajstić information content (AvgIpc) is 2.57. The van der Waals surface area contributed by atoms with Crippen LogP contribution in [0, 0.1) is 0 Å². The lowest BCUT2D eigenvalue weighted by atomic mass is 10.1. The lowest BCUT2D eigenvalue weighted by Gasteiger charge is -2.25. The number of fused-ring (bicyclic) bond motifs is 2. The predicted molar refractivity (Wildman–Crippen MR) is 86.7 cm³/mol. The number of hydrogen-bond acceptors (Lipinski definition) is 5. The molecule has 0 fully saturated rings. The second kappa shape index (κ2) is 6.60. The molecule has 2 aliphatic rings. The number of rotatable bonds is 0. The number of hydrogen-bond donors (Lipinski definition) is 2. The molecule has 2 aliphatic heterocycles. The van der Waals surface area contributed by atoms with Crippen LogP contribution < -0.4 is 15.8 Å². The maximum atomic E-state index is 11.3. The highest BCUT2D eigenvalue weighted by Gasteiger charge is 2.16. The van der Waals surface area contributed by atoms with Crippen molar-refractivity contribution in [1.82, 2.24) is 20.5 Å². The van der Waals surface area contributed by atoms with Crippen LogP contribution in [0.4, 0.5) is 5.69 Å². The van der Waals surface area contributed by atoms with Crippen molar-refractivity contribution in [2.45, 2.75) is 19.3 Å². The van der Waals surface area contributed by atoms with Crippen LogP contribution >= 0.6 is 0 Å². The summed E-state index contributed by atoms with van der Waals surface area (Å²) >= 11 is 0. The van der Waals surface area contributed by atoms with Crippen molar-refractivity contribution < 1.29 is 4.79 Å². The third-order valence-electron chi connectivity index (χ3n) is 4.05. The van der Waals surface area contributed by atoms with Crippen molar-refractivity contribution in [2.75, 3.05) is 25.0 Å². The molecular formula is C16H19N5O2. The van der Waals surface area contributed by atoms with Crippen LogP contribution in [-0.2, 0) is 12.8 Å². The van der Waals surface area contributed by atoms with Gasteiger partial charge in [-0.15, -0.1) is 0 Å². The van der Waals surface area contributed by atoms with Gasteiger partial charge in [-0.2, -0.15) is 5.10 Å². The van der Waals surface area contributed by atoms with Crippen LogP contribution in [0.15, 0.2) is 29.3 Å². The fourth-order valence-electron chi connectivity index (χ4n) is 2.83. The van der Waals surface area contributed by atoms with E-state index in [0.29, 0.717) is 6.54 Å². The van der Waals surface area contributed by atoms with Crippen LogP contribution in [0.2, 0.25) is 0 Å². The summed E-state index contributed by atoms with van der Waals surface area (Å²) in [6.45, 7) is 1.72. The van der Waals surface area contributed by atoms with E-state index in [0.717, 1.165) is 48.3 Å². The maximum Gasteiger partial charge on any atom is 0.269 e. The summed E-state index contributed by atoms with van der Waals surface area (Å²) in [6, 6.07) is 3.58. The summed E-state index contributed by atoms with van der Waals surface area (Å²) in [4.78, 5) is 28.6. The molecule has 23 heavy (non-hydrogen) atoms. The van der Waals surface area contributed by atoms with Gasteiger partial charge in [-0.05, 0) is 25.0 Å². The summed E-state index contributed by atoms with van der Waals surface area (Å²) in [5, 5.41) is 8.98. The van der Waals surface area contributed by atoms with Gasteiger partial charge in [-0.25, -0.2) is 5.10 Å². The minimum Gasteiger partial charge on any atom is -0.373 e. The van der Waals surface area contributed by atoms with Gasteiger partial charge in [-0.3, -0.25) is 14.6 Å². The lowest BCUT2D eigenvalue weighted by molar-refractivity contribution is 0.0945. The van der Waals surface area contributed by atoms with Gasteiger partial charge in [0.05, 0.1) is 23.1 Å². The van der Waals surface area contributed by atoms with Crippen molar-refractivity contribution in [3.8, 4) is 0 Å². The van der Waals surface area contributed by atoms with Crippen molar-refractivity contribution in [3.63, 3.8) is 0 Å². The first kappa shape index (κ1) is 15.2. The van der Waals surface area contributed by atoms with Crippen LogP contribution in [-0.4, -0.2) is 41.2 Å². The highest BCUT2D eigenvalue weighted by atomic mass is 16.1. The number of carbonyl (C=O) groups is 1. The van der Waals surface area contributed by atoms with E-state index in [1.165, 1.54) is 0 Å². The molecule has 0 bridgehead atoms. The van der Waals surface area contributed by atoms with Gasteiger partial charge in [0.25, 0.3) is 11.5 Å². The van der Waals surface area contributed by atoms with Gasteiger partial charge >= 0.3 is 0 Å². The molecule has 2 aromatic heterocycles. The lowest BCUT2D eigenvalue weighted by Crippen LogP contribution is -2.32. The normalized spacial score (nSPS) is 15.7. The maximum absolute atomic E-state index is 11.3. The highest BCUT2D eigenvalue weighted by Crippen LogP contribution is 2.20. The molecule has 4 heterocycles. The Bertz CT molecular complexity index is 771. The van der Waals surface area contributed by atoms with Crippen molar-refractivity contribution >= 4 is 11.6 Å². The van der Waals surface area contributed by atoms with E-state index in [-0.39, 0.29) is 11.5 Å². The Hall–Kier alpha value is -2.70. The zero-order valence-electron chi connectivity index (χ0n) is 13.0. The third kappa shape index (κ3) is 3.23. The van der Waals surface area contributed by atoms with Crippen LogP contribution in [0.25, 0.3) is 0 Å². The summed E-state index contributed by atoms with van der Waals surface area (Å²) < 4.78 is 0. The monoisotopic (exact) mass is 313 g/mol. The molecule has 0 radical (unpaired) electrons. The van der Waals surface area contributed by atoms with E-state index in [4.69, 9.17) is 0 Å². The van der Waals surface area contributed by atoms with E-state index < -0.39 is 0 Å². The third-order valence-corrected chi connectivity index (χ3v) is 4.05. The number of aromatic nitrogens is 3. The predicted octanol–water partition coefficient (Wildman–Crippen LogP) is 0.520. The van der Waals surface area contributed by atoms with E-state index in [1.54, 1.807) is 24.5 Å². The van der Waals surface area contributed by atoms with Crippen LogP contribution in [0.1, 0.15) is 28.0 Å². The average molecular weight is 313 g/mol. The minimum absolute atomic E-state index is 0.000602. The summed E-state index contributed by atoms with van der Waals surface area (Å²) in [6.07, 6.45) is 6.21. The Balaban J connectivity index is 0.000000136. The molecule has 7 heteroatoms. The Labute approximate surface area is 133 Å². The molecule has 0 aliphatic carbocycles. The first-order valence-electron chi connectivity index (χ1n) is 7.66. The molecule has 120 valence electrons. The zero-order chi connectivity index (χ0) is 16.2. The molecule has 2 N–H and O–H groups in total. The zero-order valence-corrected chi connectivity index (χ0v) is 13.0. The van der Waals surface area contributed by atoms with Gasteiger partial charge in [-0.1, -0.05) is 0 Å².